The highest BCUT2D eigenvalue weighted by Crippen LogP contribution is 2.29. The summed E-state index contributed by atoms with van der Waals surface area (Å²) in [6.45, 7) is 2.29. The molecule has 1 N–H and O–H groups in total. The molecule has 90 valence electrons. The fourth-order valence-electron chi connectivity index (χ4n) is 1.51. The molecule has 0 unspecified atom stereocenters. The highest BCUT2D eigenvalue weighted by atomic mass is 19.4. The molecule has 0 aliphatic rings. The highest BCUT2D eigenvalue weighted by Gasteiger charge is 2.35. The largest absolute Gasteiger partial charge is 0.451 e. The van der Waals surface area contributed by atoms with Crippen LogP contribution in [0.5, 0.6) is 0 Å². The van der Waals surface area contributed by atoms with E-state index in [9.17, 15) is 13.2 Å². The average molecular weight is 241 g/mol. The number of nitrogens with zero attached hydrogens (tertiary/aromatic N) is 2. The number of anilines is 1. The number of fused-ring (bicyclic) bond motifs is 1. The molecular weight excluding hydrogens is 231 g/mol. The molecule has 2 aromatic rings. The van der Waals surface area contributed by atoms with E-state index >= 15 is 0 Å². The lowest BCUT2D eigenvalue weighted by Gasteiger charge is -2.10. The van der Waals surface area contributed by atoms with E-state index < -0.39 is 12.0 Å². The van der Waals surface area contributed by atoms with Crippen molar-refractivity contribution in [1.82, 2.24) is 9.97 Å². The Bertz CT molecular complexity index is 537. The summed E-state index contributed by atoms with van der Waals surface area (Å²) < 4.78 is 37.7. The van der Waals surface area contributed by atoms with Crippen LogP contribution < -0.4 is 5.32 Å². The molecule has 3 nitrogen and oxygen atoms in total. The van der Waals surface area contributed by atoms with Crippen molar-refractivity contribution >= 4 is 16.7 Å². The van der Waals surface area contributed by atoms with Gasteiger partial charge in [0.1, 0.15) is 5.82 Å². The zero-order valence-electron chi connectivity index (χ0n) is 9.04. The van der Waals surface area contributed by atoms with Gasteiger partial charge in [-0.1, -0.05) is 12.1 Å². The van der Waals surface area contributed by atoms with E-state index in [1.54, 1.807) is 25.1 Å². The Morgan fingerprint density at radius 1 is 1.18 bits per heavy atom. The third-order valence-corrected chi connectivity index (χ3v) is 2.20. The van der Waals surface area contributed by atoms with Gasteiger partial charge in [-0.2, -0.15) is 13.2 Å². The van der Waals surface area contributed by atoms with Crippen LogP contribution in [0.2, 0.25) is 0 Å². The van der Waals surface area contributed by atoms with Crippen LogP contribution in [0.15, 0.2) is 24.3 Å². The fraction of sp³-hybridized carbons (Fsp3) is 0.273. The molecule has 1 heterocycles. The number of benzene rings is 1. The van der Waals surface area contributed by atoms with Crippen molar-refractivity contribution in [3.63, 3.8) is 0 Å². The lowest BCUT2D eigenvalue weighted by molar-refractivity contribution is -0.144. The van der Waals surface area contributed by atoms with Gasteiger partial charge in [-0.3, -0.25) is 0 Å². The molecule has 1 aromatic carbocycles. The van der Waals surface area contributed by atoms with E-state index in [1.807, 2.05) is 0 Å². The Balaban J connectivity index is 2.67. The minimum atomic E-state index is -4.53. The van der Waals surface area contributed by atoms with Crippen molar-refractivity contribution in [1.29, 1.82) is 0 Å². The summed E-state index contributed by atoms with van der Waals surface area (Å²) in [5.41, 5.74) is 0.283. The third-order valence-electron chi connectivity index (χ3n) is 2.20. The summed E-state index contributed by atoms with van der Waals surface area (Å²) in [7, 11) is 0. The van der Waals surface area contributed by atoms with Crippen molar-refractivity contribution in [3.8, 4) is 0 Å². The Hall–Kier alpha value is -1.85. The zero-order valence-corrected chi connectivity index (χ0v) is 9.04. The van der Waals surface area contributed by atoms with Gasteiger partial charge in [0.15, 0.2) is 0 Å². The molecule has 17 heavy (non-hydrogen) atoms. The molecule has 0 saturated carbocycles. The molecule has 1 aromatic heterocycles. The van der Waals surface area contributed by atoms with Crippen LogP contribution in [0.4, 0.5) is 19.0 Å². The van der Waals surface area contributed by atoms with Gasteiger partial charge in [0.05, 0.1) is 5.52 Å². The van der Waals surface area contributed by atoms with Gasteiger partial charge in [-0.15, -0.1) is 0 Å². The standard InChI is InChI=1S/C11H10F3N3/c1-2-15-9-7-5-3-4-6-8(7)16-10(17-9)11(12,13)14/h3-6H,2H2,1H3,(H,15,16,17). The van der Waals surface area contributed by atoms with Crippen LogP contribution in [0.3, 0.4) is 0 Å². The summed E-state index contributed by atoms with van der Waals surface area (Å²) in [5, 5.41) is 3.40. The molecule has 0 saturated heterocycles. The molecule has 0 aliphatic carbocycles. The van der Waals surface area contributed by atoms with Crippen LogP contribution in [-0.4, -0.2) is 16.5 Å². The average Bonchev–Trinajstić information content (AvgIpc) is 2.28. The number of alkyl halides is 3. The molecular formula is C11H10F3N3. The van der Waals surface area contributed by atoms with Crippen molar-refractivity contribution < 1.29 is 13.2 Å². The third kappa shape index (κ3) is 2.30. The van der Waals surface area contributed by atoms with E-state index in [0.717, 1.165) is 0 Å². The predicted octanol–water partition coefficient (Wildman–Crippen LogP) is 3.08. The van der Waals surface area contributed by atoms with E-state index in [0.29, 0.717) is 11.9 Å². The Morgan fingerprint density at radius 2 is 1.88 bits per heavy atom. The van der Waals surface area contributed by atoms with Crippen molar-refractivity contribution in [3.05, 3.63) is 30.1 Å². The number of rotatable bonds is 2. The maximum Gasteiger partial charge on any atom is 0.451 e. The van der Waals surface area contributed by atoms with E-state index in [-0.39, 0.29) is 11.3 Å². The predicted molar refractivity (Wildman–Crippen MR) is 58.7 cm³/mol. The smallest absolute Gasteiger partial charge is 0.370 e. The van der Waals surface area contributed by atoms with Crippen molar-refractivity contribution in [2.75, 3.05) is 11.9 Å². The first-order valence-corrected chi connectivity index (χ1v) is 5.10. The first-order valence-electron chi connectivity index (χ1n) is 5.10. The SMILES string of the molecule is CCNc1nc(C(F)(F)F)nc2ccccc12. The second kappa shape index (κ2) is 4.20. The molecule has 0 aliphatic heterocycles. The van der Waals surface area contributed by atoms with Gasteiger partial charge < -0.3 is 5.32 Å². The quantitative estimate of drug-likeness (QED) is 0.877. The second-order valence-corrected chi connectivity index (χ2v) is 3.44. The van der Waals surface area contributed by atoms with Crippen molar-refractivity contribution in [2.45, 2.75) is 13.1 Å². The maximum atomic E-state index is 12.6. The Kier molecular flexibility index (Phi) is 2.87. The molecule has 0 bridgehead atoms. The summed E-state index contributed by atoms with van der Waals surface area (Å²) in [6, 6.07) is 6.60. The van der Waals surface area contributed by atoms with Gasteiger partial charge in [0.25, 0.3) is 0 Å². The maximum absolute atomic E-state index is 12.6. The molecule has 0 fully saturated rings. The Labute approximate surface area is 95.7 Å². The zero-order chi connectivity index (χ0) is 12.5. The molecule has 0 spiro atoms. The number of halogens is 3. The minimum Gasteiger partial charge on any atom is -0.370 e. The normalized spacial score (nSPS) is 11.8. The fourth-order valence-corrected chi connectivity index (χ4v) is 1.51. The number of para-hydroxylation sites is 1. The summed E-state index contributed by atoms with van der Waals surface area (Å²) in [6.07, 6.45) is -4.53. The van der Waals surface area contributed by atoms with Gasteiger partial charge in [0.2, 0.25) is 5.82 Å². The lowest BCUT2D eigenvalue weighted by atomic mass is 10.2. The molecule has 2 rings (SSSR count). The van der Waals surface area contributed by atoms with Crippen molar-refractivity contribution in [2.24, 2.45) is 0 Å². The molecule has 0 amide bonds. The highest BCUT2D eigenvalue weighted by molar-refractivity contribution is 5.88. The number of aromatic nitrogens is 2. The van der Waals surface area contributed by atoms with Crippen LogP contribution in [0, 0.1) is 0 Å². The van der Waals surface area contributed by atoms with Crippen LogP contribution in [-0.2, 0) is 6.18 Å². The molecule has 0 radical (unpaired) electrons. The van der Waals surface area contributed by atoms with Crippen LogP contribution in [0.1, 0.15) is 12.7 Å². The number of hydrogen-bond donors (Lipinski definition) is 1. The summed E-state index contributed by atoms with van der Waals surface area (Å²) in [5.74, 6) is -0.905. The van der Waals surface area contributed by atoms with E-state index in [2.05, 4.69) is 15.3 Å². The second-order valence-electron chi connectivity index (χ2n) is 3.44. The van der Waals surface area contributed by atoms with Gasteiger partial charge in [-0.25, -0.2) is 9.97 Å². The van der Waals surface area contributed by atoms with Gasteiger partial charge >= 0.3 is 6.18 Å². The van der Waals surface area contributed by atoms with Gasteiger partial charge in [0, 0.05) is 11.9 Å². The van der Waals surface area contributed by atoms with Gasteiger partial charge in [-0.05, 0) is 19.1 Å². The number of hydrogen-bond acceptors (Lipinski definition) is 3. The van der Waals surface area contributed by atoms with Crippen LogP contribution >= 0.6 is 0 Å². The number of nitrogens with one attached hydrogen (secondary N) is 1. The van der Waals surface area contributed by atoms with Crippen LogP contribution in [0.25, 0.3) is 10.9 Å². The lowest BCUT2D eigenvalue weighted by Crippen LogP contribution is -2.13. The van der Waals surface area contributed by atoms with E-state index in [4.69, 9.17) is 0 Å². The minimum absolute atomic E-state index is 0.213. The first kappa shape index (κ1) is 11.6. The Morgan fingerprint density at radius 3 is 2.53 bits per heavy atom. The summed E-state index contributed by atoms with van der Waals surface area (Å²) in [4.78, 5) is 7.03. The monoisotopic (exact) mass is 241 g/mol. The molecule has 6 heteroatoms. The topological polar surface area (TPSA) is 37.8 Å². The first-order chi connectivity index (χ1) is 8.02. The molecule has 0 atom stereocenters. The summed E-state index contributed by atoms with van der Waals surface area (Å²) >= 11 is 0. The van der Waals surface area contributed by atoms with E-state index in [1.165, 1.54) is 6.07 Å².